The largest absolute Gasteiger partial charge is 0.368 e. The summed E-state index contributed by atoms with van der Waals surface area (Å²) < 4.78 is 1.68. The highest BCUT2D eigenvalue weighted by atomic mass is 15.3. The molecule has 0 radical (unpaired) electrons. The first kappa shape index (κ1) is 14.2. The highest BCUT2D eigenvalue weighted by Crippen LogP contribution is 2.12. The molecule has 8 heteroatoms. The third-order valence-electron chi connectivity index (χ3n) is 3.27. The van der Waals surface area contributed by atoms with E-state index in [1.54, 1.807) is 23.3 Å². The highest BCUT2D eigenvalue weighted by molar-refractivity contribution is 5.35. The van der Waals surface area contributed by atoms with Gasteiger partial charge in [0.1, 0.15) is 6.33 Å². The lowest BCUT2D eigenvalue weighted by molar-refractivity contribution is 0.209. The summed E-state index contributed by atoms with van der Waals surface area (Å²) in [7, 11) is 4.06. The molecule has 2 aromatic heterocycles. The average molecular weight is 276 g/mol. The van der Waals surface area contributed by atoms with Crippen molar-refractivity contribution in [3.05, 3.63) is 18.7 Å². The van der Waals surface area contributed by atoms with Gasteiger partial charge in [0.2, 0.25) is 17.8 Å². The molecule has 2 rings (SSSR count). The SMILES string of the molecule is CN(C)C(C)(C)CNc1nc(N)nc(-n2ccnc2)n1. The standard InChI is InChI=1S/C12H20N8/c1-12(2,19(3)4)7-15-10-16-9(13)17-11(18-10)20-6-5-14-8-20/h5-6,8H,7H2,1-4H3,(H3,13,15,16,17,18). The Morgan fingerprint density at radius 2 is 2.05 bits per heavy atom. The summed E-state index contributed by atoms with van der Waals surface area (Å²) in [5.41, 5.74) is 5.69. The molecule has 0 aliphatic rings. The van der Waals surface area contributed by atoms with E-state index in [0.29, 0.717) is 18.4 Å². The van der Waals surface area contributed by atoms with Crippen LogP contribution >= 0.6 is 0 Å². The number of rotatable bonds is 5. The number of nitrogen functional groups attached to an aromatic ring is 1. The summed E-state index contributed by atoms with van der Waals surface area (Å²) >= 11 is 0. The molecule has 3 N–H and O–H groups in total. The van der Waals surface area contributed by atoms with Crippen LogP contribution in [0.15, 0.2) is 18.7 Å². The summed E-state index contributed by atoms with van der Waals surface area (Å²) in [5.74, 6) is 1.07. The number of likely N-dealkylation sites (N-methyl/N-ethyl adjacent to an activating group) is 1. The van der Waals surface area contributed by atoms with Crippen molar-refractivity contribution in [2.24, 2.45) is 0 Å². The summed E-state index contributed by atoms with van der Waals surface area (Å²) in [6.07, 6.45) is 5.02. The van der Waals surface area contributed by atoms with Crippen molar-refractivity contribution in [2.75, 3.05) is 31.7 Å². The molecule has 0 aliphatic carbocycles. The van der Waals surface area contributed by atoms with Gasteiger partial charge < -0.3 is 16.0 Å². The first-order chi connectivity index (χ1) is 9.38. The lowest BCUT2D eigenvalue weighted by atomic mass is 10.1. The smallest absolute Gasteiger partial charge is 0.241 e. The Hall–Kier alpha value is -2.22. The second-order valence-electron chi connectivity index (χ2n) is 5.35. The van der Waals surface area contributed by atoms with Crippen LogP contribution in [0.4, 0.5) is 11.9 Å². The van der Waals surface area contributed by atoms with Crippen molar-refractivity contribution >= 4 is 11.9 Å². The molecular formula is C12H20N8. The van der Waals surface area contributed by atoms with Crippen LogP contribution < -0.4 is 11.1 Å². The maximum absolute atomic E-state index is 5.72. The first-order valence-corrected chi connectivity index (χ1v) is 6.30. The number of anilines is 2. The van der Waals surface area contributed by atoms with E-state index in [2.05, 4.69) is 44.0 Å². The van der Waals surface area contributed by atoms with E-state index >= 15 is 0 Å². The van der Waals surface area contributed by atoms with Gasteiger partial charge in [-0.15, -0.1) is 0 Å². The van der Waals surface area contributed by atoms with Crippen LogP contribution in [0.5, 0.6) is 0 Å². The van der Waals surface area contributed by atoms with Crippen molar-refractivity contribution in [3.8, 4) is 5.95 Å². The monoisotopic (exact) mass is 276 g/mol. The molecule has 0 aliphatic heterocycles. The van der Waals surface area contributed by atoms with E-state index in [0.717, 1.165) is 0 Å². The van der Waals surface area contributed by atoms with Crippen molar-refractivity contribution in [1.82, 2.24) is 29.4 Å². The van der Waals surface area contributed by atoms with Crippen LogP contribution in [0.2, 0.25) is 0 Å². The Kier molecular flexibility index (Phi) is 3.84. The van der Waals surface area contributed by atoms with Gasteiger partial charge >= 0.3 is 0 Å². The topological polar surface area (TPSA) is 97.8 Å². The van der Waals surface area contributed by atoms with Crippen LogP contribution in [0.1, 0.15) is 13.8 Å². The van der Waals surface area contributed by atoms with Gasteiger partial charge in [0.15, 0.2) is 0 Å². The first-order valence-electron chi connectivity index (χ1n) is 6.30. The van der Waals surface area contributed by atoms with Crippen LogP contribution in [0.25, 0.3) is 5.95 Å². The van der Waals surface area contributed by atoms with Crippen LogP contribution in [0.3, 0.4) is 0 Å². The van der Waals surface area contributed by atoms with Gasteiger partial charge in [-0.05, 0) is 27.9 Å². The van der Waals surface area contributed by atoms with Gasteiger partial charge in [-0.1, -0.05) is 0 Å². The van der Waals surface area contributed by atoms with Crippen LogP contribution in [-0.4, -0.2) is 55.6 Å². The molecule has 0 aromatic carbocycles. The summed E-state index contributed by atoms with van der Waals surface area (Å²) in [6.45, 7) is 4.94. The predicted molar refractivity (Wildman–Crippen MR) is 77.6 cm³/mol. The number of imidazole rings is 1. The molecule has 0 amide bonds. The van der Waals surface area contributed by atoms with Crippen molar-refractivity contribution < 1.29 is 0 Å². The van der Waals surface area contributed by atoms with Crippen molar-refractivity contribution in [1.29, 1.82) is 0 Å². The zero-order chi connectivity index (χ0) is 14.8. The van der Waals surface area contributed by atoms with Gasteiger partial charge in [-0.25, -0.2) is 4.98 Å². The number of hydrogen-bond donors (Lipinski definition) is 2. The molecule has 8 nitrogen and oxygen atoms in total. The molecule has 2 heterocycles. The minimum absolute atomic E-state index is 0.0312. The minimum Gasteiger partial charge on any atom is -0.368 e. The summed E-state index contributed by atoms with van der Waals surface area (Å²) in [6, 6.07) is 0. The van der Waals surface area contributed by atoms with E-state index in [9.17, 15) is 0 Å². The molecule has 0 fully saturated rings. The zero-order valence-electron chi connectivity index (χ0n) is 12.2. The van der Waals surface area contributed by atoms with Crippen molar-refractivity contribution in [3.63, 3.8) is 0 Å². The molecule has 108 valence electrons. The van der Waals surface area contributed by atoms with E-state index < -0.39 is 0 Å². The van der Waals surface area contributed by atoms with Gasteiger partial charge in [0.05, 0.1) is 0 Å². The number of nitrogens with two attached hydrogens (primary N) is 1. The number of hydrogen-bond acceptors (Lipinski definition) is 7. The summed E-state index contributed by atoms with van der Waals surface area (Å²) in [5, 5.41) is 3.19. The van der Waals surface area contributed by atoms with Gasteiger partial charge in [-0.3, -0.25) is 4.57 Å². The maximum Gasteiger partial charge on any atom is 0.241 e. The molecule has 0 bridgehead atoms. The molecule has 0 unspecified atom stereocenters. The molecule has 0 spiro atoms. The lowest BCUT2D eigenvalue weighted by Gasteiger charge is -2.32. The molecule has 20 heavy (non-hydrogen) atoms. The molecular weight excluding hydrogens is 256 g/mol. The molecule has 0 atom stereocenters. The Bertz CT molecular complexity index is 561. The molecule has 0 saturated heterocycles. The quantitative estimate of drug-likeness (QED) is 0.815. The van der Waals surface area contributed by atoms with E-state index in [4.69, 9.17) is 5.73 Å². The average Bonchev–Trinajstić information content (AvgIpc) is 2.89. The minimum atomic E-state index is -0.0312. The number of nitrogens with zero attached hydrogens (tertiary/aromatic N) is 6. The summed E-state index contributed by atoms with van der Waals surface area (Å²) in [4.78, 5) is 18.6. The number of nitrogens with one attached hydrogen (secondary N) is 1. The maximum atomic E-state index is 5.72. The third kappa shape index (κ3) is 3.21. The second-order valence-corrected chi connectivity index (χ2v) is 5.35. The van der Waals surface area contributed by atoms with E-state index in [-0.39, 0.29) is 11.5 Å². The molecule has 0 saturated carbocycles. The van der Waals surface area contributed by atoms with Crippen LogP contribution in [-0.2, 0) is 0 Å². The molecule has 2 aromatic rings. The number of aromatic nitrogens is 5. The van der Waals surface area contributed by atoms with Gasteiger partial charge in [0.25, 0.3) is 0 Å². The fourth-order valence-corrected chi connectivity index (χ4v) is 1.41. The normalized spacial score (nSPS) is 11.8. The van der Waals surface area contributed by atoms with Gasteiger partial charge in [0, 0.05) is 24.5 Å². The third-order valence-corrected chi connectivity index (χ3v) is 3.27. The fraction of sp³-hybridized carbons (Fsp3) is 0.500. The van der Waals surface area contributed by atoms with Crippen molar-refractivity contribution in [2.45, 2.75) is 19.4 Å². The predicted octanol–water partition coefficient (Wildman–Crippen LogP) is 0.392. The Morgan fingerprint density at radius 3 is 2.65 bits per heavy atom. The fourth-order valence-electron chi connectivity index (χ4n) is 1.41. The Labute approximate surface area is 118 Å². The van der Waals surface area contributed by atoms with E-state index in [1.807, 2.05) is 14.1 Å². The zero-order valence-corrected chi connectivity index (χ0v) is 12.2. The Morgan fingerprint density at radius 1 is 1.30 bits per heavy atom. The van der Waals surface area contributed by atoms with Gasteiger partial charge in [-0.2, -0.15) is 15.0 Å². The van der Waals surface area contributed by atoms with Crippen LogP contribution in [0, 0.1) is 0 Å². The Balaban J connectivity index is 2.17. The second kappa shape index (κ2) is 5.41. The highest BCUT2D eigenvalue weighted by Gasteiger charge is 2.20. The van der Waals surface area contributed by atoms with E-state index in [1.165, 1.54) is 0 Å². The lowest BCUT2D eigenvalue weighted by Crippen LogP contribution is -2.44.